The van der Waals surface area contributed by atoms with Gasteiger partial charge in [0.1, 0.15) is 11.5 Å². The maximum atomic E-state index is 5.55. The average Bonchev–Trinajstić information content (AvgIpc) is 3.20. The van der Waals surface area contributed by atoms with E-state index < -0.39 is 0 Å². The number of ether oxygens (including phenoxy) is 1. The molecule has 0 unspecified atom stereocenters. The van der Waals surface area contributed by atoms with E-state index in [1.807, 2.05) is 13.8 Å². The summed E-state index contributed by atoms with van der Waals surface area (Å²) in [5, 5.41) is 10.7. The van der Waals surface area contributed by atoms with Gasteiger partial charge in [0.25, 0.3) is 0 Å². The molecular weight excluding hydrogens is 443 g/mol. The molecular formula is C19H27IN4O2. The zero-order chi connectivity index (χ0) is 17.6. The van der Waals surface area contributed by atoms with E-state index in [0.717, 1.165) is 62.1 Å². The van der Waals surface area contributed by atoms with Gasteiger partial charge in [-0.15, -0.1) is 24.0 Å². The number of nitrogens with one attached hydrogen (secondary N) is 2. The Kier molecular flexibility index (Phi) is 7.74. The molecule has 0 fully saturated rings. The number of hydrogen-bond donors (Lipinski definition) is 2. The number of aryl methyl sites for hydroxylation is 2. The molecule has 1 aliphatic rings. The fourth-order valence-corrected chi connectivity index (χ4v) is 3.11. The zero-order valence-electron chi connectivity index (χ0n) is 15.6. The minimum Gasteiger partial charge on any atom is -0.493 e. The highest BCUT2D eigenvalue weighted by atomic mass is 127. The van der Waals surface area contributed by atoms with Crippen LogP contribution in [0.2, 0.25) is 0 Å². The van der Waals surface area contributed by atoms with E-state index in [-0.39, 0.29) is 24.0 Å². The average molecular weight is 470 g/mol. The molecule has 0 saturated carbocycles. The number of aromatic nitrogens is 1. The van der Waals surface area contributed by atoms with Gasteiger partial charge < -0.3 is 19.9 Å². The number of rotatable bonds is 6. The molecule has 26 heavy (non-hydrogen) atoms. The number of nitrogens with zero attached hydrogens (tertiary/aromatic N) is 2. The first-order valence-corrected chi connectivity index (χ1v) is 8.78. The lowest BCUT2D eigenvalue weighted by molar-refractivity contribution is 0.357. The smallest absolute Gasteiger partial charge is 0.190 e. The first kappa shape index (κ1) is 20.5. The van der Waals surface area contributed by atoms with E-state index in [9.17, 15) is 0 Å². The molecule has 2 heterocycles. The first-order chi connectivity index (χ1) is 12.2. The Hall–Kier alpha value is -1.77. The minimum absolute atomic E-state index is 0. The molecule has 0 saturated heterocycles. The lowest BCUT2D eigenvalue weighted by atomic mass is 10.1. The van der Waals surface area contributed by atoms with Crippen LogP contribution in [0, 0.1) is 13.8 Å². The molecule has 7 heteroatoms. The van der Waals surface area contributed by atoms with E-state index in [1.54, 1.807) is 7.05 Å². The van der Waals surface area contributed by atoms with Crippen molar-refractivity contribution < 1.29 is 9.26 Å². The summed E-state index contributed by atoms with van der Waals surface area (Å²) < 4.78 is 10.7. The van der Waals surface area contributed by atoms with Gasteiger partial charge in [-0.2, -0.15) is 0 Å². The Morgan fingerprint density at radius 1 is 1.19 bits per heavy atom. The van der Waals surface area contributed by atoms with Gasteiger partial charge in [-0.25, -0.2) is 0 Å². The van der Waals surface area contributed by atoms with Gasteiger partial charge in [0, 0.05) is 32.1 Å². The quantitative estimate of drug-likeness (QED) is 0.386. The number of hydrogen-bond acceptors (Lipinski definition) is 4. The Morgan fingerprint density at radius 3 is 2.65 bits per heavy atom. The predicted octanol–water partition coefficient (Wildman–Crippen LogP) is 2.79. The van der Waals surface area contributed by atoms with Crippen LogP contribution in [0.3, 0.4) is 0 Å². The van der Waals surface area contributed by atoms with Crippen LogP contribution in [-0.4, -0.2) is 37.9 Å². The number of fused-ring (bicyclic) bond motifs is 1. The normalized spacial score (nSPS) is 13.0. The number of halogens is 1. The van der Waals surface area contributed by atoms with Gasteiger partial charge in [-0.3, -0.25) is 4.99 Å². The Bertz CT molecular complexity index is 738. The Balaban J connectivity index is 0.00000243. The lowest BCUT2D eigenvalue weighted by Crippen LogP contribution is -2.39. The molecule has 2 aromatic rings. The second-order valence-electron chi connectivity index (χ2n) is 6.27. The molecule has 3 rings (SSSR count). The molecule has 1 aromatic heterocycles. The highest BCUT2D eigenvalue weighted by Gasteiger charge is 2.12. The van der Waals surface area contributed by atoms with Crippen molar-refractivity contribution >= 4 is 29.9 Å². The zero-order valence-corrected chi connectivity index (χ0v) is 17.9. The van der Waals surface area contributed by atoms with Gasteiger partial charge in [0.2, 0.25) is 0 Å². The molecule has 6 nitrogen and oxygen atoms in total. The van der Waals surface area contributed by atoms with Crippen molar-refractivity contribution in [1.29, 1.82) is 0 Å². The topological polar surface area (TPSA) is 71.7 Å². The van der Waals surface area contributed by atoms with E-state index in [2.05, 4.69) is 39.0 Å². The molecule has 0 radical (unpaired) electrons. The largest absolute Gasteiger partial charge is 0.493 e. The van der Waals surface area contributed by atoms with Crippen molar-refractivity contribution in [2.45, 2.75) is 33.1 Å². The van der Waals surface area contributed by atoms with Crippen LogP contribution < -0.4 is 15.4 Å². The maximum absolute atomic E-state index is 5.55. The Morgan fingerprint density at radius 2 is 1.96 bits per heavy atom. The number of aliphatic imine (C=N–C) groups is 1. The second kappa shape index (κ2) is 9.80. The van der Waals surface area contributed by atoms with Crippen molar-refractivity contribution in [3.05, 3.63) is 46.3 Å². The third-order valence-electron chi connectivity index (χ3n) is 4.53. The van der Waals surface area contributed by atoms with Crippen LogP contribution >= 0.6 is 24.0 Å². The minimum atomic E-state index is 0. The third kappa shape index (κ3) is 5.12. The molecule has 142 valence electrons. The summed E-state index contributed by atoms with van der Waals surface area (Å²) in [6, 6.07) is 6.46. The van der Waals surface area contributed by atoms with Crippen LogP contribution in [0.4, 0.5) is 0 Å². The first-order valence-electron chi connectivity index (χ1n) is 8.78. The highest BCUT2D eigenvalue weighted by molar-refractivity contribution is 14.0. The van der Waals surface area contributed by atoms with Crippen LogP contribution in [-0.2, 0) is 19.3 Å². The number of benzene rings is 1. The summed E-state index contributed by atoms with van der Waals surface area (Å²) >= 11 is 0. The van der Waals surface area contributed by atoms with Crippen LogP contribution in [0.5, 0.6) is 5.75 Å². The maximum Gasteiger partial charge on any atom is 0.190 e. The molecule has 0 amide bonds. The Labute approximate surface area is 171 Å². The molecule has 2 N–H and O–H groups in total. The monoisotopic (exact) mass is 470 g/mol. The number of guanidine groups is 1. The molecule has 1 aliphatic heterocycles. The van der Waals surface area contributed by atoms with E-state index in [0.29, 0.717) is 0 Å². The van der Waals surface area contributed by atoms with Crippen molar-refractivity contribution in [3.8, 4) is 5.75 Å². The van der Waals surface area contributed by atoms with Gasteiger partial charge in [0.15, 0.2) is 5.96 Å². The molecule has 0 aliphatic carbocycles. The van der Waals surface area contributed by atoms with Crippen LogP contribution in [0.25, 0.3) is 0 Å². The molecule has 0 spiro atoms. The van der Waals surface area contributed by atoms with Gasteiger partial charge >= 0.3 is 0 Å². The van der Waals surface area contributed by atoms with Crippen molar-refractivity contribution in [2.24, 2.45) is 4.99 Å². The SMILES string of the molecule is CN=C(NCCc1ccc2c(c1)CCO2)NCCc1c(C)noc1C.I. The summed E-state index contributed by atoms with van der Waals surface area (Å²) in [6.07, 6.45) is 2.84. The fraction of sp³-hybridized carbons (Fsp3) is 0.474. The van der Waals surface area contributed by atoms with Crippen molar-refractivity contribution in [3.63, 3.8) is 0 Å². The molecule has 0 atom stereocenters. The van der Waals surface area contributed by atoms with Crippen LogP contribution in [0.15, 0.2) is 27.7 Å². The molecule has 1 aromatic carbocycles. The summed E-state index contributed by atoms with van der Waals surface area (Å²) in [6.45, 7) is 6.35. The van der Waals surface area contributed by atoms with E-state index in [4.69, 9.17) is 9.26 Å². The second-order valence-corrected chi connectivity index (χ2v) is 6.27. The van der Waals surface area contributed by atoms with Gasteiger partial charge in [0.05, 0.1) is 12.3 Å². The predicted molar refractivity (Wildman–Crippen MR) is 114 cm³/mol. The third-order valence-corrected chi connectivity index (χ3v) is 4.53. The van der Waals surface area contributed by atoms with Crippen LogP contribution in [0.1, 0.15) is 28.1 Å². The summed E-state index contributed by atoms with van der Waals surface area (Å²) in [4.78, 5) is 4.28. The lowest BCUT2D eigenvalue weighted by Gasteiger charge is -2.12. The van der Waals surface area contributed by atoms with E-state index >= 15 is 0 Å². The summed E-state index contributed by atoms with van der Waals surface area (Å²) in [7, 11) is 1.79. The summed E-state index contributed by atoms with van der Waals surface area (Å²) in [5.41, 5.74) is 4.77. The standard InChI is InChI=1S/C19H26N4O2.HI/c1-13-17(14(2)25-23-13)7-10-22-19(20-3)21-9-6-15-4-5-18-16(12-15)8-11-24-18;/h4-5,12H,6-11H2,1-3H3,(H2,20,21,22);1H. The fourth-order valence-electron chi connectivity index (χ4n) is 3.11. The van der Waals surface area contributed by atoms with Crippen molar-refractivity contribution in [1.82, 2.24) is 15.8 Å². The highest BCUT2D eigenvalue weighted by Crippen LogP contribution is 2.25. The summed E-state index contributed by atoms with van der Waals surface area (Å²) in [5.74, 6) is 2.74. The van der Waals surface area contributed by atoms with Gasteiger partial charge in [-0.1, -0.05) is 17.3 Å². The van der Waals surface area contributed by atoms with Crippen molar-refractivity contribution in [2.75, 3.05) is 26.7 Å². The van der Waals surface area contributed by atoms with Gasteiger partial charge in [-0.05, 0) is 43.9 Å². The molecule has 0 bridgehead atoms. The van der Waals surface area contributed by atoms with E-state index in [1.165, 1.54) is 16.7 Å².